The molecule has 2 heterocycles. The molecule has 30 heavy (non-hydrogen) atoms. The number of rotatable bonds is 3. The number of morpholine rings is 1. The molecule has 3 fully saturated rings. The van der Waals surface area contributed by atoms with Crippen LogP contribution in [0.25, 0.3) is 0 Å². The summed E-state index contributed by atoms with van der Waals surface area (Å²) in [5, 5.41) is 0. The van der Waals surface area contributed by atoms with E-state index in [1.165, 1.54) is 32.1 Å². The van der Waals surface area contributed by atoms with Gasteiger partial charge in [-0.15, -0.1) is 24.0 Å². The van der Waals surface area contributed by atoms with Crippen molar-refractivity contribution in [2.75, 3.05) is 59.0 Å². The first-order valence-corrected chi connectivity index (χ1v) is 11.1. The molecular weight excluding hydrogens is 497 g/mol. The Balaban J connectivity index is 0.00000320. The molecule has 0 unspecified atom stereocenters. The van der Waals surface area contributed by atoms with Gasteiger partial charge in [0.15, 0.2) is 5.96 Å². The number of hydrogen-bond acceptors (Lipinski definition) is 5. The summed E-state index contributed by atoms with van der Waals surface area (Å²) >= 11 is 0. The van der Waals surface area contributed by atoms with Gasteiger partial charge in [0.1, 0.15) is 5.60 Å². The minimum absolute atomic E-state index is 0. The van der Waals surface area contributed by atoms with Gasteiger partial charge in [0, 0.05) is 44.8 Å². The van der Waals surface area contributed by atoms with Gasteiger partial charge in [-0.1, -0.05) is 19.3 Å². The zero-order valence-electron chi connectivity index (χ0n) is 18.9. The van der Waals surface area contributed by atoms with E-state index in [2.05, 4.69) is 9.80 Å². The summed E-state index contributed by atoms with van der Waals surface area (Å²) in [7, 11) is 0. The molecule has 0 spiro atoms. The lowest BCUT2D eigenvalue weighted by Gasteiger charge is -2.47. The van der Waals surface area contributed by atoms with Crippen molar-refractivity contribution < 1.29 is 14.3 Å². The maximum atomic E-state index is 12.2. The summed E-state index contributed by atoms with van der Waals surface area (Å²) in [5.41, 5.74) is 6.04. The second-order valence-corrected chi connectivity index (χ2v) is 9.51. The fraction of sp³-hybridized carbons (Fsp3) is 0.905. The number of carbonyl (C=O) groups excluding carboxylic acids is 1. The molecular formula is C21H40IN5O3. The monoisotopic (exact) mass is 537 g/mol. The largest absolute Gasteiger partial charge is 0.444 e. The summed E-state index contributed by atoms with van der Waals surface area (Å²) < 4.78 is 11.0. The van der Waals surface area contributed by atoms with Gasteiger partial charge in [0.2, 0.25) is 0 Å². The average molecular weight is 537 g/mol. The minimum Gasteiger partial charge on any atom is -0.444 e. The molecule has 3 aliphatic rings. The SMILES string of the molecule is CC(C)(C)OC(=O)N1CCN(C(N)=NCC2(N3CCOCC3)CCCCC2)CC1.I. The highest BCUT2D eigenvalue weighted by Gasteiger charge is 2.38. The second-order valence-electron chi connectivity index (χ2n) is 9.51. The Morgan fingerprint density at radius 3 is 2.13 bits per heavy atom. The van der Waals surface area contributed by atoms with Crippen LogP contribution in [0.15, 0.2) is 4.99 Å². The van der Waals surface area contributed by atoms with Gasteiger partial charge in [0.05, 0.1) is 19.8 Å². The fourth-order valence-corrected chi connectivity index (χ4v) is 4.59. The molecule has 174 valence electrons. The van der Waals surface area contributed by atoms with Gasteiger partial charge in [-0.3, -0.25) is 9.89 Å². The zero-order valence-corrected chi connectivity index (χ0v) is 21.2. The van der Waals surface area contributed by atoms with E-state index in [1.807, 2.05) is 20.8 Å². The smallest absolute Gasteiger partial charge is 0.410 e. The lowest BCUT2D eigenvalue weighted by molar-refractivity contribution is -0.0334. The van der Waals surface area contributed by atoms with E-state index in [1.54, 1.807) is 4.90 Å². The molecule has 0 aromatic heterocycles. The van der Waals surface area contributed by atoms with E-state index in [9.17, 15) is 4.79 Å². The normalized spacial score (nSPS) is 23.6. The van der Waals surface area contributed by atoms with Crippen LogP contribution < -0.4 is 5.73 Å². The predicted molar refractivity (Wildman–Crippen MR) is 129 cm³/mol. The molecule has 2 N–H and O–H groups in total. The lowest BCUT2D eigenvalue weighted by Crippen LogP contribution is -2.57. The molecule has 1 amide bonds. The molecule has 1 saturated carbocycles. The molecule has 2 saturated heterocycles. The van der Waals surface area contributed by atoms with Crippen LogP contribution in [0.3, 0.4) is 0 Å². The maximum Gasteiger partial charge on any atom is 0.410 e. The quantitative estimate of drug-likeness (QED) is 0.339. The third kappa shape index (κ3) is 6.85. The Kier molecular flexibility index (Phi) is 9.48. The molecule has 0 bridgehead atoms. The molecule has 0 aromatic carbocycles. The summed E-state index contributed by atoms with van der Waals surface area (Å²) in [5.74, 6) is 0.604. The van der Waals surface area contributed by atoms with E-state index < -0.39 is 5.60 Å². The van der Waals surface area contributed by atoms with Crippen LogP contribution in [0.2, 0.25) is 0 Å². The van der Waals surface area contributed by atoms with Crippen molar-refractivity contribution in [2.24, 2.45) is 10.7 Å². The lowest BCUT2D eigenvalue weighted by atomic mass is 9.80. The van der Waals surface area contributed by atoms with Crippen LogP contribution in [-0.2, 0) is 9.47 Å². The first-order chi connectivity index (χ1) is 13.8. The van der Waals surface area contributed by atoms with E-state index in [-0.39, 0.29) is 35.6 Å². The van der Waals surface area contributed by atoms with E-state index in [0.29, 0.717) is 32.1 Å². The number of guanidine groups is 1. The van der Waals surface area contributed by atoms with Crippen molar-refractivity contribution in [3.8, 4) is 0 Å². The number of nitrogens with zero attached hydrogens (tertiary/aromatic N) is 4. The summed E-state index contributed by atoms with van der Waals surface area (Å²) in [6.07, 6.45) is 5.98. The minimum atomic E-state index is -0.470. The fourth-order valence-electron chi connectivity index (χ4n) is 4.59. The van der Waals surface area contributed by atoms with Crippen molar-refractivity contribution in [3.05, 3.63) is 0 Å². The first kappa shape index (κ1) is 25.5. The third-order valence-corrected chi connectivity index (χ3v) is 6.26. The van der Waals surface area contributed by atoms with Crippen LogP contribution in [-0.4, -0.2) is 96.9 Å². The molecule has 2 aliphatic heterocycles. The topological polar surface area (TPSA) is 83.6 Å². The van der Waals surface area contributed by atoms with Crippen molar-refractivity contribution >= 4 is 36.0 Å². The van der Waals surface area contributed by atoms with Crippen LogP contribution in [0, 0.1) is 0 Å². The van der Waals surface area contributed by atoms with Crippen LogP contribution in [0.4, 0.5) is 4.79 Å². The molecule has 0 aromatic rings. The van der Waals surface area contributed by atoms with Gasteiger partial charge in [-0.05, 0) is 33.6 Å². The van der Waals surface area contributed by atoms with Gasteiger partial charge in [-0.25, -0.2) is 4.79 Å². The van der Waals surface area contributed by atoms with Crippen LogP contribution in [0.5, 0.6) is 0 Å². The Morgan fingerprint density at radius 1 is 1.00 bits per heavy atom. The van der Waals surface area contributed by atoms with E-state index in [4.69, 9.17) is 20.2 Å². The Bertz CT molecular complexity index is 576. The number of piperazine rings is 1. The highest BCUT2D eigenvalue weighted by Crippen LogP contribution is 2.34. The Hall–Kier alpha value is -0.810. The van der Waals surface area contributed by atoms with Crippen LogP contribution in [0.1, 0.15) is 52.9 Å². The van der Waals surface area contributed by atoms with Crippen molar-refractivity contribution in [1.82, 2.24) is 14.7 Å². The van der Waals surface area contributed by atoms with Crippen molar-refractivity contribution in [3.63, 3.8) is 0 Å². The molecule has 0 atom stereocenters. The average Bonchev–Trinajstić information content (AvgIpc) is 2.72. The summed E-state index contributed by atoms with van der Waals surface area (Å²) in [6, 6.07) is 0. The molecule has 0 radical (unpaired) electrons. The van der Waals surface area contributed by atoms with Gasteiger partial charge in [0.25, 0.3) is 0 Å². The Morgan fingerprint density at radius 2 is 1.57 bits per heavy atom. The van der Waals surface area contributed by atoms with Crippen molar-refractivity contribution in [1.29, 1.82) is 0 Å². The maximum absolute atomic E-state index is 12.2. The summed E-state index contributed by atoms with van der Waals surface area (Å²) in [6.45, 7) is 12.6. The molecule has 1 aliphatic carbocycles. The number of hydrogen-bond donors (Lipinski definition) is 1. The van der Waals surface area contributed by atoms with Crippen molar-refractivity contribution in [2.45, 2.75) is 64.0 Å². The number of halogens is 1. The molecule has 3 rings (SSSR count). The number of aliphatic imine (C=N–C) groups is 1. The molecule has 9 heteroatoms. The van der Waals surface area contributed by atoms with E-state index in [0.717, 1.165) is 32.8 Å². The van der Waals surface area contributed by atoms with Crippen LogP contribution >= 0.6 is 24.0 Å². The predicted octanol–water partition coefficient (Wildman–Crippen LogP) is 2.51. The van der Waals surface area contributed by atoms with Gasteiger partial charge in [-0.2, -0.15) is 0 Å². The highest BCUT2D eigenvalue weighted by molar-refractivity contribution is 14.0. The number of carbonyl (C=O) groups is 1. The standard InChI is InChI=1S/C21H39N5O3.HI/c1-20(2,3)29-19(27)25-11-9-24(10-12-25)18(22)23-17-21(7-5-4-6-8-21)26-13-15-28-16-14-26;/h4-17H2,1-3H3,(H2,22,23);1H. The third-order valence-electron chi connectivity index (χ3n) is 6.26. The number of amides is 1. The van der Waals surface area contributed by atoms with Gasteiger partial charge >= 0.3 is 6.09 Å². The number of ether oxygens (including phenoxy) is 2. The zero-order chi connectivity index (χ0) is 20.9. The van der Waals surface area contributed by atoms with Gasteiger partial charge < -0.3 is 25.0 Å². The molecule has 8 nitrogen and oxygen atoms in total. The number of nitrogens with two attached hydrogens (primary N) is 1. The summed E-state index contributed by atoms with van der Waals surface area (Å²) in [4.78, 5) is 23.5. The van der Waals surface area contributed by atoms with E-state index >= 15 is 0 Å². The Labute approximate surface area is 198 Å². The second kappa shape index (κ2) is 11.2. The highest BCUT2D eigenvalue weighted by atomic mass is 127. The first-order valence-electron chi connectivity index (χ1n) is 11.1.